The van der Waals surface area contributed by atoms with Gasteiger partial charge in [0.1, 0.15) is 17.1 Å². The second-order valence-electron chi connectivity index (χ2n) is 6.89. The zero-order chi connectivity index (χ0) is 20.9. The Morgan fingerprint density at radius 2 is 1.93 bits per heavy atom. The van der Waals surface area contributed by atoms with Crippen LogP contribution in [-0.4, -0.2) is 31.2 Å². The highest BCUT2D eigenvalue weighted by Crippen LogP contribution is 2.24. The molecule has 7 heteroatoms. The first-order chi connectivity index (χ1) is 14.6. The van der Waals surface area contributed by atoms with Gasteiger partial charge in [-0.05, 0) is 36.8 Å². The van der Waals surface area contributed by atoms with Gasteiger partial charge in [0, 0.05) is 23.9 Å². The van der Waals surface area contributed by atoms with Gasteiger partial charge in [-0.25, -0.2) is 9.97 Å². The third-order valence-electron chi connectivity index (χ3n) is 4.61. The minimum Gasteiger partial charge on any atom is -0.506 e. The Morgan fingerprint density at radius 1 is 1.07 bits per heavy atom. The molecule has 2 heterocycles. The number of para-hydroxylation sites is 2. The number of aryl methyl sites for hydroxylation is 2. The van der Waals surface area contributed by atoms with Gasteiger partial charge in [-0.15, -0.1) is 0 Å². The van der Waals surface area contributed by atoms with E-state index in [1.54, 1.807) is 12.1 Å². The Morgan fingerprint density at radius 3 is 2.77 bits per heavy atom. The number of fused-ring (bicyclic) bond motifs is 1. The zero-order valence-corrected chi connectivity index (χ0v) is 16.5. The number of phenolic OH excluding ortho intramolecular Hbond substituents is 1. The Bertz CT molecular complexity index is 1230. The van der Waals surface area contributed by atoms with Crippen molar-refractivity contribution < 1.29 is 9.90 Å². The molecule has 0 aliphatic heterocycles. The van der Waals surface area contributed by atoms with Gasteiger partial charge in [0.15, 0.2) is 5.82 Å². The third kappa shape index (κ3) is 4.52. The molecule has 4 aromatic rings. The van der Waals surface area contributed by atoms with Crippen molar-refractivity contribution in [1.29, 1.82) is 0 Å². The van der Waals surface area contributed by atoms with Crippen molar-refractivity contribution in [2.45, 2.75) is 19.8 Å². The Hall–Kier alpha value is -4.00. The number of nitrogens with zero attached hydrogens (tertiary/aromatic N) is 3. The number of hydrogen-bond acceptors (Lipinski definition) is 5. The van der Waals surface area contributed by atoms with Gasteiger partial charge in [0.25, 0.3) is 0 Å². The Labute approximate surface area is 173 Å². The van der Waals surface area contributed by atoms with E-state index in [0.29, 0.717) is 35.6 Å². The topological polar surface area (TPSA) is 104 Å². The van der Waals surface area contributed by atoms with Gasteiger partial charge in [-0.1, -0.05) is 42.5 Å². The van der Waals surface area contributed by atoms with Crippen LogP contribution in [0.2, 0.25) is 0 Å². The van der Waals surface area contributed by atoms with Gasteiger partial charge in [0.2, 0.25) is 5.91 Å². The molecule has 0 aliphatic carbocycles. The number of hydrogen-bond donors (Lipinski definition) is 3. The van der Waals surface area contributed by atoms with E-state index >= 15 is 0 Å². The number of phenols is 1. The summed E-state index contributed by atoms with van der Waals surface area (Å²) in [6.07, 6.45) is 4.51. The maximum Gasteiger partial charge on any atom is 0.224 e. The summed E-state index contributed by atoms with van der Waals surface area (Å²) in [5.41, 5.74) is 2.85. The number of H-pyrrole nitrogens is 1. The number of amides is 1. The first-order valence-corrected chi connectivity index (χ1v) is 9.62. The summed E-state index contributed by atoms with van der Waals surface area (Å²) >= 11 is 0. The number of rotatable bonds is 6. The number of pyridine rings is 1. The average molecular weight is 399 g/mol. The summed E-state index contributed by atoms with van der Waals surface area (Å²) < 4.78 is 0. The van der Waals surface area contributed by atoms with E-state index < -0.39 is 0 Å². The van der Waals surface area contributed by atoms with Crippen LogP contribution in [0.25, 0.3) is 23.1 Å². The maximum absolute atomic E-state index is 12.4. The lowest BCUT2D eigenvalue weighted by atomic mass is 10.1. The van der Waals surface area contributed by atoms with E-state index in [0.717, 1.165) is 16.8 Å². The number of aromatic nitrogens is 4. The van der Waals surface area contributed by atoms with Gasteiger partial charge in [-0.2, -0.15) is 5.10 Å². The number of aromatic amines is 1. The first kappa shape index (κ1) is 19.3. The molecular weight excluding hydrogens is 378 g/mol. The summed E-state index contributed by atoms with van der Waals surface area (Å²) in [6.45, 7) is 1.82. The molecule has 4 rings (SSSR count). The maximum atomic E-state index is 12.4. The van der Waals surface area contributed by atoms with E-state index in [1.165, 1.54) is 0 Å². The molecule has 0 fully saturated rings. The van der Waals surface area contributed by atoms with Crippen LogP contribution in [0.3, 0.4) is 0 Å². The van der Waals surface area contributed by atoms with Gasteiger partial charge in [-0.3, -0.25) is 9.89 Å². The fourth-order valence-corrected chi connectivity index (χ4v) is 3.11. The van der Waals surface area contributed by atoms with E-state index in [-0.39, 0.29) is 11.7 Å². The highest BCUT2D eigenvalue weighted by molar-refractivity contribution is 5.94. The molecule has 2 aromatic heterocycles. The Balaban J connectivity index is 1.47. The smallest absolute Gasteiger partial charge is 0.224 e. The standard InChI is InChI=1S/C23H21N5O2/c1-15-24-21(28-27-15)13-14-22(30)26-19-7-3-2-5-16(19)9-11-18-12-10-17-6-4-8-20(29)23(17)25-18/h2-12,29H,13-14H2,1H3,(H,26,30)(H,24,27,28)/b11-9+. The Kier molecular flexibility index (Phi) is 5.52. The van der Waals surface area contributed by atoms with Crippen LogP contribution < -0.4 is 5.32 Å². The quantitative estimate of drug-likeness (QED) is 0.453. The number of benzene rings is 2. The number of anilines is 1. The molecule has 30 heavy (non-hydrogen) atoms. The number of carbonyl (C=O) groups is 1. The van der Waals surface area contributed by atoms with Crippen LogP contribution in [0.1, 0.15) is 29.3 Å². The summed E-state index contributed by atoms with van der Waals surface area (Å²) in [7, 11) is 0. The number of carbonyl (C=O) groups excluding carboxylic acids is 1. The molecule has 0 spiro atoms. The van der Waals surface area contributed by atoms with Crippen LogP contribution >= 0.6 is 0 Å². The molecule has 2 aromatic carbocycles. The second kappa shape index (κ2) is 8.57. The molecular formula is C23H21N5O2. The third-order valence-corrected chi connectivity index (χ3v) is 4.61. The lowest BCUT2D eigenvalue weighted by Gasteiger charge is -2.08. The largest absolute Gasteiger partial charge is 0.506 e. The van der Waals surface area contributed by atoms with Crippen molar-refractivity contribution >= 4 is 34.6 Å². The molecule has 0 saturated heterocycles. The second-order valence-corrected chi connectivity index (χ2v) is 6.89. The summed E-state index contributed by atoms with van der Waals surface area (Å²) in [5, 5.41) is 20.7. The molecule has 7 nitrogen and oxygen atoms in total. The van der Waals surface area contributed by atoms with Gasteiger partial charge >= 0.3 is 0 Å². The highest BCUT2D eigenvalue weighted by atomic mass is 16.3. The zero-order valence-electron chi connectivity index (χ0n) is 16.5. The van der Waals surface area contributed by atoms with Crippen molar-refractivity contribution in [2.24, 2.45) is 0 Å². The first-order valence-electron chi connectivity index (χ1n) is 9.62. The summed E-state index contributed by atoms with van der Waals surface area (Å²) in [5.74, 6) is 1.40. The fraction of sp³-hybridized carbons (Fsp3) is 0.130. The van der Waals surface area contributed by atoms with Crippen LogP contribution in [0.5, 0.6) is 5.75 Å². The lowest BCUT2D eigenvalue weighted by Crippen LogP contribution is -2.13. The van der Waals surface area contributed by atoms with Crippen LogP contribution in [0.4, 0.5) is 5.69 Å². The average Bonchev–Trinajstić information content (AvgIpc) is 3.17. The SMILES string of the molecule is Cc1nc(CCC(=O)Nc2ccccc2/C=C/c2ccc3cccc(O)c3n2)n[nH]1. The monoisotopic (exact) mass is 399 g/mol. The predicted octanol–water partition coefficient (Wildman–Crippen LogP) is 4.11. The van der Waals surface area contributed by atoms with E-state index in [1.807, 2.05) is 61.5 Å². The van der Waals surface area contributed by atoms with Crippen molar-refractivity contribution in [1.82, 2.24) is 20.2 Å². The molecule has 150 valence electrons. The van der Waals surface area contributed by atoms with Crippen LogP contribution in [0, 0.1) is 6.92 Å². The molecule has 3 N–H and O–H groups in total. The lowest BCUT2D eigenvalue weighted by molar-refractivity contribution is -0.116. The van der Waals surface area contributed by atoms with Gasteiger partial charge < -0.3 is 10.4 Å². The highest BCUT2D eigenvalue weighted by Gasteiger charge is 2.08. The van der Waals surface area contributed by atoms with Crippen LogP contribution in [0.15, 0.2) is 54.6 Å². The molecule has 0 unspecified atom stereocenters. The predicted molar refractivity (Wildman–Crippen MR) is 117 cm³/mol. The molecule has 0 radical (unpaired) electrons. The molecule has 0 saturated carbocycles. The van der Waals surface area contributed by atoms with Crippen molar-refractivity contribution in [2.75, 3.05) is 5.32 Å². The van der Waals surface area contributed by atoms with E-state index in [9.17, 15) is 9.90 Å². The van der Waals surface area contributed by atoms with Crippen molar-refractivity contribution in [3.8, 4) is 5.75 Å². The molecule has 0 atom stereocenters. The normalized spacial score (nSPS) is 11.2. The molecule has 0 bridgehead atoms. The van der Waals surface area contributed by atoms with E-state index in [4.69, 9.17) is 0 Å². The summed E-state index contributed by atoms with van der Waals surface area (Å²) in [6, 6.07) is 16.7. The number of aromatic hydroxyl groups is 1. The van der Waals surface area contributed by atoms with Crippen molar-refractivity contribution in [3.63, 3.8) is 0 Å². The fourth-order valence-electron chi connectivity index (χ4n) is 3.11. The minimum atomic E-state index is -0.105. The number of nitrogens with one attached hydrogen (secondary N) is 2. The molecule has 1 amide bonds. The molecule has 0 aliphatic rings. The van der Waals surface area contributed by atoms with Gasteiger partial charge in [0.05, 0.1) is 5.69 Å². The van der Waals surface area contributed by atoms with Crippen molar-refractivity contribution in [3.05, 3.63) is 77.5 Å². The van der Waals surface area contributed by atoms with E-state index in [2.05, 4.69) is 25.5 Å². The van der Waals surface area contributed by atoms with Crippen LogP contribution in [-0.2, 0) is 11.2 Å². The summed E-state index contributed by atoms with van der Waals surface area (Å²) in [4.78, 5) is 21.1. The minimum absolute atomic E-state index is 0.105.